The summed E-state index contributed by atoms with van der Waals surface area (Å²) in [7, 11) is 0. The zero-order chi connectivity index (χ0) is 7.78. The molecule has 0 saturated carbocycles. The highest BCUT2D eigenvalue weighted by atomic mass is 16.1. The van der Waals surface area contributed by atoms with E-state index in [1.807, 2.05) is 20.8 Å². The van der Waals surface area contributed by atoms with Crippen molar-refractivity contribution in [1.82, 2.24) is 0 Å². The van der Waals surface area contributed by atoms with E-state index in [0.717, 1.165) is 0 Å². The molecule has 2 nitrogen and oxygen atoms in total. The molecule has 0 spiro atoms. The largest absolute Gasteiger partial charge is 0.288 e. The number of hydrogen-bond acceptors (Lipinski definition) is 2. The van der Waals surface area contributed by atoms with Crippen LogP contribution >= 0.6 is 0 Å². The van der Waals surface area contributed by atoms with Crippen LogP contribution in [0.15, 0.2) is 17.3 Å². The SMILES string of the molecule is CC(C)(C)C1=NC=CC1=O. The molecule has 1 aliphatic rings. The highest BCUT2D eigenvalue weighted by molar-refractivity contribution is 6.47. The van der Waals surface area contributed by atoms with Crippen molar-refractivity contribution in [2.45, 2.75) is 20.8 Å². The molecule has 1 rings (SSSR count). The number of nitrogens with zero attached hydrogens (tertiary/aromatic N) is 1. The van der Waals surface area contributed by atoms with Gasteiger partial charge in [-0.15, -0.1) is 0 Å². The van der Waals surface area contributed by atoms with E-state index in [1.165, 1.54) is 6.08 Å². The van der Waals surface area contributed by atoms with E-state index in [1.54, 1.807) is 6.20 Å². The van der Waals surface area contributed by atoms with Gasteiger partial charge in [0, 0.05) is 17.7 Å². The Morgan fingerprint density at radius 3 is 2.20 bits per heavy atom. The molecule has 2 heteroatoms. The lowest BCUT2D eigenvalue weighted by molar-refractivity contribution is -0.109. The minimum absolute atomic E-state index is 0.0486. The van der Waals surface area contributed by atoms with Gasteiger partial charge in [0.1, 0.15) is 0 Å². The summed E-state index contributed by atoms with van der Waals surface area (Å²) in [5.74, 6) is 0.0486. The smallest absolute Gasteiger partial charge is 0.202 e. The maximum absolute atomic E-state index is 11.0. The van der Waals surface area contributed by atoms with Gasteiger partial charge in [0.25, 0.3) is 0 Å². The van der Waals surface area contributed by atoms with Crippen molar-refractivity contribution in [3.63, 3.8) is 0 Å². The quantitative estimate of drug-likeness (QED) is 0.498. The lowest BCUT2D eigenvalue weighted by Gasteiger charge is -2.16. The third-order valence-electron chi connectivity index (χ3n) is 1.37. The first-order chi connectivity index (χ1) is 4.52. The summed E-state index contributed by atoms with van der Waals surface area (Å²) >= 11 is 0. The van der Waals surface area contributed by atoms with Gasteiger partial charge in [-0.3, -0.25) is 9.79 Å². The molecule has 10 heavy (non-hydrogen) atoms. The summed E-state index contributed by atoms with van der Waals surface area (Å²) in [5.41, 5.74) is 0.549. The topological polar surface area (TPSA) is 29.4 Å². The molecule has 0 saturated heterocycles. The first kappa shape index (κ1) is 7.19. The fourth-order valence-corrected chi connectivity index (χ4v) is 0.885. The lowest BCUT2D eigenvalue weighted by Crippen LogP contribution is -2.25. The first-order valence-corrected chi connectivity index (χ1v) is 3.31. The maximum atomic E-state index is 11.0. The van der Waals surface area contributed by atoms with E-state index in [4.69, 9.17) is 0 Å². The van der Waals surface area contributed by atoms with Crippen LogP contribution in [0, 0.1) is 5.41 Å². The van der Waals surface area contributed by atoms with Crippen LogP contribution in [0.4, 0.5) is 0 Å². The molecule has 0 N–H and O–H groups in total. The Kier molecular flexibility index (Phi) is 1.47. The molecule has 54 valence electrons. The molecular weight excluding hydrogens is 126 g/mol. The standard InChI is InChI=1S/C8H11NO/c1-8(2,3)7-6(10)4-5-9-7/h4-5H,1-3H3. The molecule has 0 atom stereocenters. The number of hydrogen-bond donors (Lipinski definition) is 0. The summed E-state index contributed by atoms with van der Waals surface area (Å²) < 4.78 is 0. The van der Waals surface area contributed by atoms with Gasteiger partial charge >= 0.3 is 0 Å². The number of allylic oxidation sites excluding steroid dienone is 1. The molecule has 0 aromatic rings. The summed E-state index contributed by atoms with van der Waals surface area (Å²) in [6.07, 6.45) is 3.06. The number of carbonyl (C=O) groups is 1. The van der Waals surface area contributed by atoms with Crippen LogP contribution in [0.2, 0.25) is 0 Å². The van der Waals surface area contributed by atoms with Crippen molar-refractivity contribution in [2.75, 3.05) is 0 Å². The predicted molar refractivity (Wildman–Crippen MR) is 41.0 cm³/mol. The lowest BCUT2D eigenvalue weighted by atomic mass is 9.88. The molecule has 0 aromatic carbocycles. The van der Waals surface area contributed by atoms with Gasteiger partial charge in [-0.25, -0.2) is 0 Å². The highest BCUT2D eigenvalue weighted by Gasteiger charge is 2.25. The molecule has 0 aliphatic carbocycles. The van der Waals surface area contributed by atoms with Gasteiger partial charge in [0.05, 0.1) is 5.71 Å². The molecule has 0 unspecified atom stereocenters. The summed E-state index contributed by atoms with van der Waals surface area (Å²) in [5, 5.41) is 0. The van der Waals surface area contributed by atoms with Gasteiger partial charge in [-0.2, -0.15) is 0 Å². The summed E-state index contributed by atoms with van der Waals surface area (Å²) in [6.45, 7) is 5.95. The third kappa shape index (κ3) is 1.15. The number of carbonyl (C=O) groups excluding carboxylic acids is 1. The van der Waals surface area contributed by atoms with Crippen LogP contribution in [0.5, 0.6) is 0 Å². The molecular formula is C8H11NO. The van der Waals surface area contributed by atoms with Crippen LogP contribution in [0.3, 0.4) is 0 Å². The maximum Gasteiger partial charge on any atom is 0.202 e. The zero-order valence-electron chi connectivity index (χ0n) is 6.51. The number of rotatable bonds is 0. The Bertz CT molecular complexity index is 218. The second-order valence-corrected chi connectivity index (χ2v) is 3.41. The third-order valence-corrected chi connectivity index (χ3v) is 1.37. The second-order valence-electron chi connectivity index (χ2n) is 3.41. The van der Waals surface area contributed by atoms with Gasteiger partial charge in [0.2, 0.25) is 5.78 Å². The van der Waals surface area contributed by atoms with Gasteiger partial charge in [-0.05, 0) is 0 Å². The van der Waals surface area contributed by atoms with E-state index in [9.17, 15) is 4.79 Å². The number of ketones is 1. The molecule has 0 amide bonds. The van der Waals surface area contributed by atoms with Crippen molar-refractivity contribution < 1.29 is 4.79 Å². The summed E-state index contributed by atoms with van der Waals surface area (Å²) in [6, 6.07) is 0. The minimum atomic E-state index is -0.111. The first-order valence-electron chi connectivity index (χ1n) is 3.31. The zero-order valence-corrected chi connectivity index (χ0v) is 6.51. The molecule has 1 aliphatic heterocycles. The Balaban J connectivity index is 2.88. The van der Waals surface area contributed by atoms with E-state index >= 15 is 0 Å². The summed E-state index contributed by atoms with van der Waals surface area (Å²) in [4.78, 5) is 15.0. The normalized spacial score (nSPS) is 17.9. The average Bonchev–Trinajstić information content (AvgIpc) is 2.11. The minimum Gasteiger partial charge on any atom is -0.288 e. The highest BCUT2D eigenvalue weighted by Crippen LogP contribution is 2.19. The molecule has 0 radical (unpaired) electrons. The van der Waals surface area contributed by atoms with Crippen LogP contribution < -0.4 is 0 Å². The average molecular weight is 137 g/mol. The van der Waals surface area contributed by atoms with Gasteiger partial charge in [0.15, 0.2) is 0 Å². The van der Waals surface area contributed by atoms with Crippen molar-refractivity contribution in [3.05, 3.63) is 12.3 Å². The fraction of sp³-hybridized carbons (Fsp3) is 0.500. The number of aliphatic imine (C=N–C) groups is 1. The van der Waals surface area contributed by atoms with E-state index in [0.29, 0.717) is 5.71 Å². The van der Waals surface area contributed by atoms with E-state index < -0.39 is 0 Å². The van der Waals surface area contributed by atoms with Crippen molar-refractivity contribution in [3.8, 4) is 0 Å². The predicted octanol–water partition coefficient (Wildman–Crippen LogP) is 1.57. The van der Waals surface area contributed by atoms with Crippen molar-refractivity contribution >= 4 is 11.5 Å². The molecule has 1 heterocycles. The van der Waals surface area contributed by atoms with Crippen LogP contribution in [-0.4, -0.2) is 11.5 Å². The Morgan fingerprint density at radius 1 is 1.40 bits per heavy atom. The Morgan fingerprint density at radius 2 is 2.00 bits per heavy atom. The Labute approximate surface area is 60.7 Å². The van der Waals surface area contributed by atoms with Crippen LogP contribution in [0.1, 0.15) is 20.8 Å². The van der Waals surface area contributed by atoms with Crippen molar-refractivity contribution in [1.29, 1.82) is 0 Å². The van der Waals surface area contributed by atoms with E-state index in [2.05, 4.69) is 4.99 Å². The molecule has 0 aromatic heterocycles. The van der Waals surface area contributed by atoms with Gasteiger partial charge < -0.3 is 0 Å². The fourth-order valence-electron chi connectivity index (χ4n) is 0.885. The van der Waals surface area contributed by atoms with E-state index in [-0.39, 0.29) is 11.2 Å². The Hall–Kier alpha value is -0.920. The van der Waals surface area contributed by atoms with Crippen molar-refractivity contribution in [2.24, 2.45) is 10.4 Å². The van der Waals surface area contributed by atoms with Gasteiger partial charge in [-0.1, -0.05) is 20.8 Å². The monoisotopic (exact) mass is 137 g/mol. The van der Waals surface area contributed by atoms with Crippen LogP contribution in [-0.2, 0) is 4.79 Å². The molecule has 0 bridgehead atoms. The second kappa shape index (κ2) is 2.04. The molecule has 0 fully saturated rings. The van der Waals surface area contributed by atoms with Crippen LogP contribution in [0.25, 0.3) is 0 Å².